The van der Waals surface area contributed by atoms with E-state index in [0.29, 0.717) is 11.1 Å². The number of halogens is 2. The number of rotatable bonds is 9. The molecule has 0 aromatic heterocycles. The van der Waals surface area contributed by atoms with Crippen molar-refractivity contribution in [2.75, 3.05) is 6.54 Å². The Morgan fingerprint density at radius 1 is 0.976 bits per heavy atom. The van der Waals surface area contributed by atoms with Gasteiger partial charge in [-0.15, -0.1) is 0 Å². The molecule has 4 amide bonds. The van der Waals surface area contributed by atoms with Gasteiger partial charge in [-0.05, 0) is 53.8 Å². The largest absolute Gasteiger partial charge is 0.480 e. The van der Waals surface area contributed by atoms with Crippen LogP contribution in [0.4, 0.5) is 4.79 Å². The van der Waals surface area contributed by atoms with Crippen molar-refractivity contribution in [2.24, 2.45) is 0 Å². The third kappa shape index (κ3) is 7.33. The van der Waals surface area contributed by atoms with Crippen molar-refractivity contribution < 1.29 is 24.3 Å². The fourth-order valence-electron chi connectivity index (χ4n) is 4.50. The van der Waals surface area contributed by atoms with E-state index >= 15 is 0 Å². The van der Waals surface area contributed by atoms with Gasteiger partial charge in [0, 0.05) is 12.1 Å². The minimum absolute atomic E-state index is 0.0783. The summed E-state index contributed by atoms with van der Waals surface area (Å²) < 4.78 is 0. The maximum absolute atomic E-state index is 12.9. The molecule has 0 aliphatic heterocycles. The number of fused-ring (bicyclic) bond motifs is 1. The molecule has 0 heterocycles. The molecule has 0 unspecified atom stereocenters. The van der Waals surface area contributed by atoms with E-state index < -0.39 is 36.4 Å². The van der Waals surface area contributed by atoms with E-state index in [-0.39, 0.29) is 33.8 Å². The standard InChI is InChI=1S/C29H25Cl2N5O5/c30-21-11-19(26(37)33-14-17-5-3-4-16(10-17)13-32)12-22(31)25(21)27(38)35-24(28(39)40)15-34-29(41)36-23-9-8-18-6-1-2-7-20(18)23/h1-7,10-12,23-24H,8-9,14-15H2,(H,33,37)(H,35,38)(H,39,40)(H2,34,36,41)/t23-,24+/m1/s1. The zero-order valence-corrected chi connectivity index (χ0v) is 23.1. The fraction of sp³-hybridized carbons (Fsp3) is 0.207. The fourth-order valence-corrected chi connectivity index (χ4v) is 5.16. The average molecular weight is 594 g/mol. The molecule has 12 heteroatoms. The van der Waals surface area contributed by atoms with Crippen molar-refractivity contribution in [3.63, 3.8) is 0 Å². The van der Waals surface area contributed by atoms with Crippen LogP contribution in [0.25, 0.3) is 0 Å². The zero-order valence-electron chi connectivity index (χ0n) is 21.5. The van der Waals surface area contributed by atoms with Gasteiger partial charge in [-0.1, -0.05) is 59.6 Å². The van der Waals surface area contributed by atoms with Gasteiger partial charge in [0.2, 0.25) is 0 Å². The number of nitrogens with one attached hydrogen (secondary N) is 4. The summed E-state index contributed by atoms with van der Waals surface area (Å²) in [6, 6.07) is 16.7. The Morgan fingerprint density at radius 3 is 2.41 bits per heavy atom. The van der Waals surface area contributed by atoms with Gasteiger partial charge in [-0.3, -0.25) is 9.59 Å². The molecule has 2 atom stereocenters. The van der Waals surface area contributed by atoms with Crippen LogP contribution in [0.3, 0.4) is 0 Å². The molecule has 1 aliphatic rings. The number of nitrogens with zero attached hydrogens (tertiary/aromatic N) is 1. The van der Waals surface area contributed by atoms with Crippen LogP contribution in [0.1, 0.15) is 55.4 Å². The second-order valence-corrected chi connectivity index (χ2v) is 10.1. The number of carbonyl (C=O) groups excluding carboxylic acids is 3. The first kappa shape index (κ1) is 29.4. The smallest absolute Gasteiger partial charge is 0.328 e. The summed E-state index contributed by atoms with van der Waals surface area (Å²) in [6.45, 7) is -0.260. The summed E-state index contributed by atoms with van der Waals surface area (Å²) in [5.41, 5.74) is 3.19. The van der Waals surface area contributed by atoms with Crippen LogP contribution in [-0.4, -0.2) is 41.5 Å². The second-order valence-electron chi connectivity index (χ2n) is 9.32. The molecular formula is C29H25Cl2N5O5. The summed E-state index contributed by atoms with van der Waals surface area (Å²) in [7, 11) is 0. The lowest BCUT2D eigenvalue weighted by Gasteiger charge is -2.19. The highest BCUT2D eigenvalue weighted by Crippen LogP contribution is 2.30. The number of carboxylic acid groups (broad SMARTS) is 1. The lowest BCUT2D eigenvalue weighted by Crippen LogP contribution is -2.50. The number of hydrogen-bond acceptors (Lipinski definition) is 5. The van der Waals surface area contributed by atoms with E-state index in [0.717, 1.165) is 24.0 Å². The van der Waals surface area contributed by atoms with E-state index in [1.54, 1.807) is 24.3 Å². The Hall–Kier alpha value is -4.59. The minimum atomic E-state index is -1.48. The Morgan fingerprint density at radius 2 is 1.71 bits per heavy atom. The number of aliphatic carboxylic acids is 1. The van der Waals surface area contributed by atoms with Crippen LogP contribution in [-0.2, 0) is 17.8 Å². The van der Waals surface area contributed by atoms with Crippen LogP contribution < -0.4 is 21.3 Å². The van der Waals surface area contributed by atoms with Gasteiger partial charge in [0.05, 0.1) is 39.8 Å². The van der Waals surface area contributed by atoms with E-state index in [4.69, 9.17) is 28.5 Å². The van der Waals surface area contributed by atoms with E-state index in [1.165, 1.54) is 12.1 Å². The maximum atomic E-state index is 12.9. The second kappa shape index (κ2) is 13.2. The van der Waals surface area contributed by atoms with Crippen molar-refractivity contribution in [1.29, 1.82) is 5.26 Å². The highest BCUT2D eigenvalue weighted by molar-refractivity contribution is 6.40. The topological polar surface area (TPSA) is 160 Å². The molecule has 0 saturated carbocycles. The number of amides is 4. The van der Waals surface area contributed by atoms with Crippen molar-refractivity contribution >= 4 is 47.0 Å². The number of hydrogen-bond donors (Lipinski definition) is 5. The number of nitriles is 1. The van der Waals surface area contributed by atoms with Gasteiger partial charge in [0.1, 0.15) is 6.04 Å². The predicted molar refractivity (Wildman–Crippen MR) is 152 cm³/mol. The van der Waals surface area contributed by atoms with Crippen molar-refractivity contribution in [3.8, 4) is 6.07 Å². The van der Waals surface area contributed by atoms with Gasteiger partial charge < -0.3 is 26.4 Å². The van der Waals surface area contributed by atoms with Gasteiger partial charge in [0.25, 0.3) is 11.8 Å². The number of carbonyl (C=O) groups is 4. The van der Waals surface area contributed by atoms with Crippen LogP contribution in [0, 0.1) is 11.3 Å². The number of carboxylic acids is 1. The summed E-state index contributed by atoms with van der Waals surface area (Å²) in [5.74, 6) is -2.79. The van der Waals surface area contributed by atoms with Crippen molar-refractivity contribution in [2.45, 2.75) is 31.5 Å². The highest BCUT2D eigenvalue weighted by atomic mass is 35.5. The molecule has 4 rings (SSSR count). The molecule has 0 radical (unpaired) electrons. The van der Waals surface area contributed by atoms with Gasteiger partial charge in [-0.25, -0.2) is 9.59 Å². The SMILES string of the molecule is N#Cc1cccc(CNC(=O)c2cc(Cl)c(C(=O)N[C@@H](CNC(=O)N[C@@H]3CCc4ccccc43)C(=O)O)c(Cl)c2)c1. The zero-order chi connectivity index (χ0) is 29.5. The summed E-state index contributed by atoms with van der Waals surface area (Å²) in [5, 5.41) is 28.6. The minimum Gasteiger partial charge on any atom is -0.480 e. The first-order valence-electron chi connectivity index (χ1n) is 12.6. The van der Waals surface area contributed by atoms with Crippen LogP contribution in [0.2, 0.25) is 10.0 Å². The van der Waals surface area contributed by atoms with E-state index in [2.05, 4.69) is 21.3 Å². The Bertz CT molecular complexity index is 1530. The van der Waals surface area contributed by atoms with Crippen LogP contribution in [0.5, 0.6) is 0 Å². The molecule has 0 saturated heterocycles. The van der Waals surface area contributed by atoms with Gasteiger partial charge in [0.15, 0.2) is 0 Å². The lowest BCUT2D eigenvalue weighted by molar-refractivity contribution is -0.139. The first-order chi connectivity index (χ1) is 19.7. The molecule has 1 aliphatic carbocycles. The normalized spacial score (nSPS) is 14.2. The predicted octanol–water partition coefficient (Wildman–Crippen LogP) is 3.96. The van der Waals surface area contributed by atoms with E-state index in [9.17, 15) is 24.3 Å². The van der Waals surface area contributed by atoms with Gasteiger partial charge >= 0.3 is 12.0 Å². The molecule has 10 nitrogen and oxygen atoms in total. The lowest BCUT2D eigenvalue weighted by atomic mass is 10.1. The monoisotopic (exact) mass is 593 g/mol. The third-order valence-electron chi connectivity index (χ3n) is 6.55. The highest BCUT2D eigenvalue weighted by Gasteiger charge is 2.27. The third-order valence-corrected chi connectivity index (χ3v) is 7.15. The first-order valence-corrected chi connectivity index (χ1v) is 13.3. The molecular weight excluding hydrogens is 569 g/mol. The van der Waals surface area contributed by atoms with Crippen molar-refractivity contribution in [3.05, 3.63) is 104 Å². The summed E-state index contributed by atoms with van der Waals surface area (Å²) in [4.78, 5) is 49.8. The number of urea groups is 1. The van der Waals surface area contributed by atoms with Crippen LogP contribution >= 0.6 is 23.2 Å². The Labute approximate surface area is 245 Å². The van der Waals surface area contributed by atoms with Crippen LogP contribution in [0.15, 0.2) is 60.7 Å². The molecule has 0 bridgehead atoms. The summed E-state index contributed by atoms with van der Waals surface area (Å²) in [6.07, 6.45) is 1.55. The quantitative estimate of drug-likeness (QED) is 0.252. The molecule has 5 N–H and O–H groups in total. The molecule has 3 aromatic rings. The van der Waals surface area contributed by atoms with Crippen molar-refractivity contribution in [1.82, 2.24) is 21.3 Å². The molecule has 0 spiro atoms. The average Bonchev–Trinajstić information content (AvgIpc) is 3.36. The Balaban J connectivity index is 1.35. The number of benzene rings is 3. The number of aryl methyl sites for hydroxylation is 1. The van der Waals surface area contributed by atoms with E-state index in [1.807, 2.05) is 30.3 Å². The maximum Gasteiger partial charge on any atom is 0.328 e. The molecule has 41 heavy (non-hydrogen) atoms. The molecule has 0 fully saturated rings. The van der Waals surface area contributed by atoms with Gasteiger partial charge in [-0.2, -0.15) is 5.26 Å². The molecule has 210 valence electrons. The Kier molecular flexibility index (Phi) is 9.45. The molecule has 3 aromatic carbocycles. The summed E-state index contributed by atoms with van der Waals surface area (Å²) >= 11 is 12.5.